The maximum atomic E-state index is 13.6. The summed E-state index contributed by atoms with van der Waals surface area (Å²) in [5.74, 6) is 0.0974. The van der Waals surface area contributed by atoms with Crippen LogP contribution in [0.15, 0.2) is 66.0 Å². The van der Waals surface area contributed by atoms with Gasteiger partial charge in [0, 0.05) is 17.5 Å². The Morgan fingerprint density at radius 3 is 2.60 bits per heavy atom. The second-order valence-electron chi connectivity index (χ2n) is 8.86. The lowest BCUT2D eigenvalue weighted by atomic mass is 10.00. The Kier molecular flexibility index (Phi) is 8.18. The summed E-state index contributed by atoms with van der Waals surface area (Å²) < 4.78 is 19.3. The lowest BCUT2D eigenvalue weighted by molar-refractivity contribution is -0.144. The van der Waals surface area contributed by atoms with Crippen molar-refractivity contribution in [2.45, 2.75) is 45.2 Å². The first-order chi connectivity index (χ1) is 17.0. The Labute approximate surface area is 210 Å². The van der Waals surface area contributed by atoms with Gasteiger partial charge in [0.15, 0.2) is 0 Å². The van der Waals surface area contributed by atoms with Crippen LogP contribution in [0.2, 0.25) is 0 Å². The predicted octanol–water partition coefficient (Wildman–Crippen LogP) is 5.26. The van der Waals surface area contributed by atoms with Gasteiger partial charge in [-0.3, -0.25) is 9.59 Å². The molecule has 0 N–H and O–H groups in total. The number of thiophene rings is 1. The average Bonchev–Trinajstić information content (AvgIpc) is 3.36. The van der Waals surface area contributed by atoms with E-state index in [0.29, 0.717) is 12.3 Å². The third-order valence-electron chi connectivity index (χ3n) is 6.58. The topological polar surface area (TPSA) is 49.9 Å². The molecule has 0 spiro atoms. The fourth-order valence-electron chi connectivity index (χ4n) is 4.40. The van der Waals surface area contributed by atoms with Gasteiger partial charge in [0.1, 0.15) is 24.7 Å². The Hall–Kier alpha value is -3.19. The van der Waals surface area contributed by atoms with Crippen molar-refractivity contribution in [2.75, 3.05) is 19.7 Å². The van der Waals surface area contributed by atoms with E-state index in [0.717, 1.165) is 24.0 Å². The molecule has 5 nitrogen and oxygen atoms in total. The van der Waals surface area contributed by atoms with Crippen molar-refractivity contribution in [1.29, 1.82) is 0 Å². The molecule has 2 amide bonds. The van der Waals surface area contributed by atoms with Crippen molar-refractivity contribution in [2.24, 2.45) is 0 Å². The van der Waals surface area contributed by atoms with Gasteiger partial charge >= 0.3 is 0 Å². The molecule has 1 aromatic heterocycles. The third kappa shape index (κ3) is 6.09. The van der Waals surface area contributed by atoms with E-state index in [1.165, 1.54) is 17.0 Å². The van der Waals surface area contributed by atoms with E-state index in [9.17, 15) is 14.0 Å². The molecule has 35 heavy (non-hydrogen) atoms. The van der Waals surface area contributed by atoms with Crippen LogP contribution in [0, 0.1) is 5.82 Å². The second-order valence-corrected chi connectivity index (χ2v) is 9.86. The highest BCUT2D eigenvalue weighted by molar-refractivity contribution is 7.10. The van der Waals surface area contributed by atoms with Crippen molar-refractivity contribution < 1.29 is 18.7 Å². The van der Waals surface area contributed by atoms with Crippen molar-refractivity contribution in [1.82, 2.24) is 9.80 Å². The lowest BCUT2D eigenvalue weighted by Gasteiger charge is -2.38. The van der Waals surface area contributed by atoms with E-state index < -0.39 is 0 Å². The quantitative estimate of drug-likeness (QED) is 0.408. The Morgan fingerprint density at radius 1 is 1.14 bits per heavy atom. The second kappa shape index (κ2) is 11.5. The van der Waals surface area contributed by atoms with Gasteiger partial charge in [0.05, 0.1) is 12.5 Å². The molecule has 7 heteroatoms. The van der Waals surface area contributed by atoms with Gasteiger partial charge in [-0.2, -0.15) is 0 Å². The number of halogens is 1. The van der Waals surface area contributed by atoms with E-state index in [1.807, 2.05) is 60.5 Å². The minimum absolute atomic E-state index is 0.0349. The number of nitrogens with zero attached hydrogens (tertiary/aromatic N) is 2. The average molecular weight is 495 g/mol. The molecule has 2 aromatic carbocycles. The largest absolute Gasteiger partial charge is 0.491 e. The van der Waals surface area contributed by atoms with Crippen molar-refractivity contribution in [3.8, 4) is 5.75 Å². The molecule has 0 fully saturated rings. The summed E-state index contributed by atoms with van der Waals surface area (Å²) in [7, 11) is 0. The van der Waals surface area contributed by atoms with E-state index >= 15 is 0 Å². The summed E-state index contributed by atoms with van der Waals surface area (Å²) >= 11 is 1.69. The number of ether oxygens (including phenoxy) is 1. The van der Waals surface area contributed by atoms with Gasteiger partial charge in [-0.15, -0.1) is 11.3 Å². The number of amides is 2. The normalized spacial score (nSPS) is 15.9. The van der Waals surface area contributed by atoms with Crippen molar-refractivity contribution in [3.63, 3.8) is 0 Å². The van der Waals surface area contributed by atoms with Gasteiger partial charge < -0.3 is 14.5 Å². The number of hydrogen-bond donors (Lipinski definition) is 0. The van der Waals surface area contributed by atoms with Crippen LogP contribution in [-0.4, -0.2) is 47.4 Å². The van der Waals surface area contributed by atoms with Gasteiger partial charge in [-0.05, 0) is 66.6 Å². The number of fused-ring (bicyclic) bond motifs is 1. The minimum atomic E-state index is -0.322. The molecule has 1 aliphatic rings. The SMILES string of the molecule is CC[C@@H](C)N(CC(=O)N1CCc2sccc2[C@H]1COc1ccc(F)cc1)C(=O)Cc1ccccc1. The van der Waals surface area contributed by atoms with Crippen LogP contribution in [0.1, 0.15) is 42.3 Å². The van der Waals surface area contributed by atoms with Crippen LogP contribution in [-0.2, 0) is 22.4 Å². The molecular weight excluding hydrogens is 463 g/mol. The molecule has 3 aromatic rings. The summed E-state index contributed by atoms with van der Waals surface area (Å²) in [5, 5.41) is 2.04. The first-order valence-electron chi connectivity index (χ1n) is 12.0. The van der Waals surface area contributed by atoms with Gasteiger partial charge in [-0.1, -0.05) is 37.3 Å². The highest BCUT2D eigenvalue weighted by Gasteiger charge is 2.34. The Balaban J connectivity index is 1.50. The fraction of sp³-hybridized carbons (Fsp3) is 0.357. The first-order valence-corrected chi connectivity index (χ1v) is 12.9. The van der Waals surface area contributed by atoms with Crippen LogP contribution in [0.25, 0.3) is 0 Å². The summed E-state index contributed by atoms with van der Waals surface area (Å²) in [6.07, 6.45) is 1.82. The summed E-state index contributed by atoms with van der Waals surface area (Å²) in [5.41, 5.74) is 2.02. The number of rotatable bonds is 9. The standard InChI is InChI=1S/C28H31FN2O3S/c1-3-20(2)31(27(32)17-21-7-5-4-6-8-21)18-28(33)30-15-13-26-24(14-16-35-26)25(30)19-34-23-11-9-22(29)10-12-23/h4-12,14,16,20,25H,3,13,15,17-19H2,1-2H3/t20-,25-/m1/s1. The molecule has 0 aliphatic carbocycles. The third-order valence-corrected chi connectivity index (χ3v) is 7.58. The van der Waals surface area contributed by atoms with Gasteiger partial charge in [-0.25, -0.2) is 4.39 Å². The smallest absolute Gasteiger partial charge is 0.242 e. The number of benzene rings is 2. The molecule has 184 valence electrons. The first kappa shape index (κ1) is 24.9. The van der Waals surface area contributed by atoms with Crippen molar-refractivity contribution in [3.05, 3.63) is 87.9 Å². The molecule has 0 bridgehead atoms. The molecule has 0 unspecified atom stereocenters. The zero-order valence-electron chi connectivity index (χ0n) is 20.2. The Morgan fingerprint density at radius 2 is 1.89 bits per heavy atom. The summed E-state index contributed by atoms with van der Waals surface area (Å²) in [4.78, 5) is 31.6. The number of hydrogen-bond acceptors (Lipinski definition) is 4. The molecule has 0 saturated heterocycles. The maximum Gasteiger partial charge on any atom is 0.242 e. The fourth-order valence-corrected chi connectivity index (χ4v) is 5.33. The van der Waals surface area contributed by atoms with Crippen LogP contribution in [0.5, 0.6) is 5.75 Å². The number of carbonyl (C=O) groups is 2. The van der Waals surface area contributed by atoms with E-state index in [1.54, 1.807) is 28.4 Å². The minimum Gasteiger partial charge on any atom is -0.491 e. The molecule has 0 radical (unpaired) electrons. The van der Waals surface area contributed by atoms with E-state index in [4.69, 9.17) is 4.74 Å². The highest BCUT2D eigenvalue weighted by atomic mass is 32.1. The van der Waals surface area contributed by atoms with E-state index in [-0.39, 0.29) is 49.3 Å². The molecule has 0 saturated carbocycles. The molecule has 4 rings (SSSR count). The highest BCUT2D eigenvalue weighted by Crippen LogP contribution is 2.34. The van der Waals surface area contributed by atoms with Crippen LogP contribution in [0.4, 0.5) is 4.39 Å². The maximum absolute atomic E-state index is 13.6. The molecular formula is C28H31FN2O3S. The predicted molar refractivity (Wildman–Crippen MR) is 136 cm³/mol. The molecule has 1 aliphatic heterocycles. The number of carbonyl (C=O) groups excluding carboxylic acids is 2. The lowest BCUT2D eigenvalue weighted by Crippen LogP contribution is -2.50. The van der Waals surface area contributed by atoms with Crippen molar-refractivity contribution >= 4 is 23.2 Å². The molecule has 2 heterocycles. The van der Waals surface area contributed by atoms with Crippen LogP contribution in [0.3, 0.4) is 0 Å². The van der Waals surface area contributed by atoms with Crippen LogP contribution >= 0.6 is 11.3 Å². The monoisotopic (exact) mass is 494 g/mol. The van der Waals surface area contributed by atoms with Gasteiger partial charge in [0.2, 0.25) is 11.8 Å². The summed E-state index contributed by atoms with van der Waals surface area (Å²) in [6.45, 7) is 4.88. The molecule has 2 atom stereocenters. The van der Waals surface area contributed by atoms with E-state index in [2.05, 4.69) is 0 Å². The zero-order valence-corrected chi connectivity index (χ0v) is 21.0. The summed E-state index contributed by atoms with van der Waals surface area (Å²) in [6, 6.07) is 17.2. The Bertz CT molecular complexity index is 1130. The van der Waals surface area contributed by atoms with Gasteiger partial charge in [0.25, 0.3) is 0 Å². The zero-order chi connectivity index (χ0) is 24.8. The van der Waals surface area contributed by atoms with Crippen LogP contribution < -0.4 is 4.74 Å².